The molecule has 0 amide bonds. The average molecular weight is 414 g/mol. The van der Waals surface area contributed by atoms with E-state index in [0.29, 0.717) is 16.9 Å². The van der Waals surface area contributed by atoms with Gasteiger partial charge in [0, 0.05) is 17.3 Å². The number of fused-ring (bicyclic) bond motifs is 1. The van der Waals surface area contributed by atoms with Gasteiger partial charge in [0.25, 0.3) is 5.16 Å². The number of ketones is 1. The highest BCUT2D eigenvalue weighted by Crippen LogP contribution is 2.27. The quantitative estimate of drug-likeness (QED) is 0.596. The summed E-state index contributed by atoms with van der Waals surface area (Å²) in [4.78, 5) is 11.6. The smallest absolute Gasteiger partial charge is 0.254 e. The first-order valence-electron chi connectivity index (χ1n) is 7.33. The monoisotopic (exact) mass is 413 g/mol. The van der Waals surface area contributed by atoms with Crippen LogP contribution in [0.15, 0.2) is 35.6 Å². The van der Waals surface area contributed by atoms with Gasteiger partial charge in [0.05, 0.1) is 22.9 Å². The molecule has 0 aliphatic rings. The van der Waals surface area contributed by atoms with Crippen LogP contribution in [-0.2, 0) is 15.6 Å². The Bertz CT molecular complexity index is 1130. The van der Waals surface area contributed by atoms with Crippen LogP contribution in [0.25, 0.3) is 5.65 Å². The first-order chi connectivity index (χ1) is 12.2. The van der Waals surface area contributed by atoms with Gasteiger partial charge in [-0.3, -0.25) is 9.20 Å². The van der Waals surface area contributed by atoms with Crippen molar-refractivity contribution in [3.8, 4) is 5.75 Å². The fourth-order valence-electron chi connectivity index (χ4n) is 2.49. The van der Waals surface area contributed by atoms with E-state index in [1.54, 1.807) is 12.1 Å². The maximum Gasteiger partial charge on any atom is 0.254 e. The lowest BCUT2D eigenvalue weighted by molar-refractivity contribution is 0.101. The molecule has 0 unspecified atom stereocenters. The van der Waals surface area contributed by atoms with Crippen molar-refractivity contribution in [3.63, 3.8) is 0 Å². The van der Waals surface area contributed by atoms with Gasteiger partial charge in [-0.05, 0) is 31.2 Å². The van der Waals surface area contributed by atoms with Crippen LogP contribution in [0.2, 0.25) is 10.0 Å². The first-order valence-corrected chi connectivity index (χ1v) is 9.74. The minimum absolute atomic E-state index is 0.180. The van der Waals surface area contributed by atoms with Crippen molar-refractivity contribution in [1.82, 2.24) is 14.6 Å². The van der Waals surface area contributed by atoms with Crippen molar-refractivity contribution < 1.29 is 17.9 Å². The number of hydrogen-bond acceptors (Lipinski definition) is 6. The molecule has 2 heterocycles. The van der Waals surface area contributed by atoms with Crippen LogP contribution in [0.3, 0.4) is 0 Å². The predicted octanol–water partition coefficient (Wildman–Crippen LogP) is 3.22. The Balaban J connectivity index is 2.11. The third kappa shape index (κ3) is 3.40. The lowest BCUT2D eigenvalue weighted by atomic mass is 10.1. The van der Waals surface area contributed by atoms with Crippen molar-refractivity contribution in [2.75, 3.05) is 7.11 Å². The standard InChI is InChI=1S/C16H13Cl2N3O4S/c1-9(22)10-3-4-14(25-2)11(5-10)8-26(23,24)16-20-19-15-13(18)6-12(17)7-21(15)16/h3-7H,8H2,1-2H3. The molecule has 0 atom stereocenters. The summed E-state index contributed by atoms with van der Waals surface area (Å²) in [7, 11) is -2.50. The molecule has 0 saturated heterocycles. The summed E-state index contributed by atoms with van der Waals surface area (Å²) in [5, 5.41) is 7.70. The number of methoxy groups -OCH3 is 1. The highest BCUT2D eigenvalue weighted by atomic mass is 35.5. The predicted molar refractivity (Wildman–Crippen MR) is 96.9 cm³/mol. The zero-order valence-electron chi connectivity index (χ0n) is 13.7. The van der Waals surface area contributed by atoms with Gasteiger partial charge < -0.3 is 4.74 Å². The second-order valence-electron chi connectivity index (χ2n) is 5.52. The van der Waals surface area contributed by atoms with E-state index < -0.39 is 15.6 Å². The summed E-state index contributed by atoms with van der Waals surface area (Å²) in [6, 6.07) is 6.06. The van der Waals surface area contributed by atoms with Crippen LogP contribution in [0.5, 0.6) is 5.75 Å². The van der Waals surface area contributed by atoms with Gasteiger partial charge >= 0.3 is 0 Å². The molecule has 0 aliphatic carbocycles. The average Bonchev–Trinajstić information content (AvgIpc) is 2.99. The number of hydrogen-bond donors (Lipinski definition) is 0. The van der Waals surface area contributed by atoms with E-state index in [1.165, 1.54) is 36.8 Å². The van der Waals surface area contributed by atoms with Gasteiger partial charge in [-0.15, -0.1) is 10.2 Å². The number of benzene rings is 1. The van der Waals surface area contributed by atoms with Crippen LogP contribution in [-0.4, -0.2) is 35.9 Å². The third-order valence-electron chi connectivity index (χ3n) is 3.71. The largest absolute Gasteiger partial charge is 0.496 e. The second kappa shape index (κ2) is 6.86. The van der Waals surface area contributed by atoms with Crippen LogP contribution >= 0.6 is 23.2 Å². The minimum atomic E-state index is -3.92. The molecule has 0 saturated carbocycles. The second-order valence-corrected chi connectivity index (χ2v) is 8.25. The van der Waals surface area contributed by atoms with Crippen molar-refractivity contribution in [3.05, 3.63) is 51.6 Å². The lowest BCUT2D eigenvalue weighted by Crippen LogP contribution is -2.11. The van der Waals surface area contributed by atoms with Crippen molar-refractivity contribution in [1.29, 1.82) is 0 Å². The van der Waals surface area contributed by atoms with Gasteiger partial charge in [-0.25, -0.2) is 8.42 Å². The molecule has 7 nitrogen and oxygen atoms in total. The highest BCUT2D eigenvalue weighted by molar-refractivity contribution is 7.90. The number of carbonyl (C=O) groups excluding carboxylic acids is 1. The zero-order chi connectivity index (χ0) is 19.1. The van der Waals surface area contributed by atoms with E-state index in [0.717, 1.165) is 0 Å². The maximum atomic E-state index is 12.9. The molecule has 0 fully saturated rings. The molecule has 0 aliphatic heterocycles. The topological polar surface area (TPSA) is 90.6 Å². The minimum Gasteiger partial charge on any atom is -0.496 e. The van der Waals surface area contributed by atoms with Crippen LogP contribution in [0, 0.1) is 0 Å². The molecule has 0 bridgehead atoms. The van der Waals surface area contributed by atoms with Crippen molar-refractivity contribution >= 4 is 44.5 Å². The summed E-state index contributed by atoms with van der Waals surface area (Å²) in [5.74, 6) is -0.261. The van der Waals surface area contributed by atoms with Gasteiger partial charge in [0.1, 0.15) is 5.75 Å². The van der Waals surface area contributed by atoms with E-state index in [2.05, 4.69) is 10.2 Å². The Labute approximate surface area is 159 Å². The fraction of sp³-hybridized carbons (Fsp3) is 0.188. The molecule has 3 aromatic rings. The molecular weight excluding hydrogens is 401 g/mol. The fourth-order valence-corrected chi connectivity index (χ4v) is 4.37. The van der Waals surface area contributed by atoms with Crippen LogP contribution in [0.1, 0.15) is 22.8 Å². The summed E-state index contributed by atoms with van der Waals surface area (Å²) in [6.07, 6.45) is 1.37. The van der Waals surface area contributed by atoms with E-state index in [1.807, 2.05) is 0 Å². The molecule has 3 rings (SSSR count). The summed E-state index contributed by atoms with van der Waals surface area (Å²) in [6.45, 7) is 1.40. The van der Waals surface area contributed by atoms with Gasteiger partial charge in [0.2, 0.25) is 9.84 Å². The van der Waals surface area contributed by atoms with Gasteiger partial charge in [0.15, 0.2) is 11.4 Å². The Hall–Kier alpha value is -2.16. The van der Waals surface area contributed by atoms with E-state index in [-0.39, 0.29) is 26.6 Å². The Kier molecular flexibility index (Phi) is 4.92. The number of nitrogens with zero attached hydrogens (tertiary/aromatic N) is 3. The number of sulfone groups is 1. The Morgan fingerprint density at radius 2 is 1.96 bits per heavy atom. The number of Topliss-reactive ketones (excluding diaryl/α,β-unsaturated/α-hetero) is 1. The number of aromatic nitrogens is 3. The Morgan fingerprint density at radius 3 is 2.62 bits per heavy atom. The number of ether oxygens (including phenoxy) is 1. The SMILES string of the molecule is COc1ccc(C(C)=O)cc1CS(=O)(=O)c1nnc2c(Cl)cc(Cl)cn12. The zero-order valence-corrected chi connectivity index (χ0v) is 16.1. The Morgan fingerprint density at radius 1 is 1.23 bits per heavy atom. The summed E-state index contributed by atoms with van der Waals surface area (Å²) < 4.78 is 32.2. The molecule has 10 heteroatoms. The number of carbonyl (C=O) groups is 1. The molecule has 136 valence electrons. The molecule has 26 heavy (non-hydrogen) atoms. The molecule has 0 radical (unpaired) electrons. The van der Waals surface area contributed by atoms with Crippen molar-refractivity contribution in [2.24, 2.45) is 0 Å². The van der Waals surface area contributed by atoms with Crippen molar-refractivity contribution in [2.45, 2.75) is 17.8 Å². The highest BCUT2D eigenvalue weighted by Gasteiger charge is 2.25. The molecule has 2 aromatic heterocycles. The van der Waals surface area contributed by atoms with E-state index >= 15 is 0 Å². The normalized spacial score (nSPS) is 11.7. The van der Waals surface area contributed by atoms with E-state index in [9.17, 15) is 13.2 Å². The summed E-state index contributed by atoms with van der Waals surface area (Å²) >= 11 is 12.0. The molecular formula is C16H13Cl2N3O4S. The maximum absolute atomic E-state index is 12.9. The van der Waals surface area contributed by atoms with Gasteiger partial charge in [-0.1, -0.05) is 23.2 Å². The van der Waals surface area contributed by atoms with Crippen LogP contribution < -0.4 is 4.74 Å². The first kappa shape index (κ1) is 18.6. The third-order valence-corrected chi connectivity index (χ3v) is 5.72. The van der Waals surface area contributed by atoms with Gasteiger partial charge in [-0.2, -0.15) is 0 Å². The van der Waals surface area contributed by atoms with Crippen LogP contribution in [0.4, 0.5) is 0 Å². The number of halogens is 2. The molecule has 1 aromatic carbocycles. The number of rotatable bonds is 5. The summed E-state index contributed by atoms with van der Waals surface area (Å²) in [5.41, 5.74) is 0.900. The lowest BCUT2D eigenvalue weighted by Gasteiger charge is -2.10. The molecule has 0 N–H and O–H groups in total. The number of pyridine rings is 1. The van der Waals surface area contributed by atoms with E-state index in [4.69, 9.17) is 27.9 Å². The molecule has 0 spiro atoms.